The molecule has 0 saturated carbocycles. The van der Waals surface area contributed by atoms with Gasteiger partial charge in [0.15, 0.2) is 0 Å². The summed E-state index contributed by atoms with van der Waals surface area (Å²) in [6, 6.07) is 11.2. The monoisotopic (exact) mass is 409 g/mol. The molecular weight excluding hydrogens is 388 g/mol. The third-order valence-corrected chi connectivity index (χ3v) is 5.22. The topological polar surface area (TPSA) is 60.0 Å². The van der Waals surface area contributed by atoms with Crippen LogP contribution < -0.4 is 10.6 Å². The summed E-state index contributed by atoms with van der Waals surface area (Å²) in [6.07, 6.45) is 1.11. The van der Waals surface area contributed by atoms with Crippen molar-refractivity contribution in [3.05, 3.63) is 53.3 Å². The average Bonchev–Trinajstić information content (AvgIpc) is 3.03. The standard InChI is InChI=1S/C19H21ClFN5.ClH/c1-12(16-7-6-13(20)10-23-16)26-18-5-3-2-4-17(18)24-19(26)25-9-8-14(21)15(22)11-25;/h2-7,10,12,14-15H,8-9,11,22H2,1H3;1H/t12-,14-,15-;/m1./s1. The van der Waals surface area contributed by atoms with Crippen LogP contribution in [-0.2, 0) is 0 Å². The van der Waals surface area contributed by atoms with Crippen LogP contribution in [0, 0.1) is 0 Å². The van der Waals surface area contributed by atoms with Gasteiger partial charge in [-0.05, 0) is 37.6 Å². The lowest BCUT2D eigenvalue weighted by Gasteiger charge is -2.34. The highest BCUT2D eigenvalue weighted by molar-refractivity contribution is 6.30. The fourth-order valence-electron chi connectivity index (χ4n) is 3.54. The highest BCUT2D eigenvalue weighted by Crippen LogP contribution is 2.31. The van der Waals surface area contributed by atoms with Crippen molar-refractivity contribution >= 4 is 41.0 Å². The molecule has 1 aromatic carbocycles. The molecule has 27 heavy (non-hydrogen) atoms. The molecule has 3 heterocycles. The Balaban J connectivity index is 0.00000210. The molecule has 2 N–H and O–H groups in total. The highest BCUT2D eigenvalue weighted by atomic mass is 35.5. The predicted molar refractivity (Wildman–Crippen MR) is 110 cm³/mol. The van der Waals surface area contributed by atoms with E-state index in [9.17, 15) is 4.39 Å². The van der Waals surface area contributed by atoms with Crippen LogP contribution in [0.25, 0.3) is 11.0 Å². The molecule has 1 aliphatic heterocycles. The molecule has 0 spiro atoms. The number of imidazole rings is 1. The number of anilines is 1. The van der Waals surface area contributed by atoms with Crippen molar-refractivity contribution in [1.82, 2.24) is 14.5 Å². The van der Waals surface area contributed by atoms with Gasteiger partial charge in [-0.25, -0.2) is 9.37 Å². The maximum absolute atomic E-state index is 13.8. The van der Waals surface area contributed by atoms with Crippen LogP contribution in [0.5, 0.6) is 0 Å². The van der Waals surface area contributed by atoms with Crippen LogP contribution in [0.1, 0.15) is 25.1 Å². The molecule has 8 heteroatoms. The molecule has 4 rings (SSSR count). The zero-order chi connectivity index (χ0) is 18.3. The van der Waals surface area contributed by atoms with Crippen LogP contribution in [-0.4, -0.2) is 39.8 Å². The summed E-state index contributed by atoms with van der Waals surface area (Å²) in [4.78, 5) is 11.4. The highest BCUT2D eigenvalue weighted by Gasteiger charge is 2.30. The fraction of sp³-hybridized carbons (Fsp3) is 0.368. The van der Waals surface area contributed by atoms with E-state index in [1.54, 1.807) is 6.20 Å². The number of pyridine rings is 1. The van der Waals surface area contributed by atoms with Gasteiger partial charge in [0, 0.05) is 19.3 Å². The average molecular weight is 410 g/mol. The molecule has 144 valence electrons. The van der Waals surface area contributed by atoms with Gasteiger partial charge in [0.05, 0.1) is 33.8 Å². The number of piperidine rings is 1. The summed E-state index contributed by atoms with van der Waals surface area (Å²) in [5, 5.41) is 0.604. The SMILES string of the molecule is C[C@H](c1ccc(Cl)cn1)n1c(N2CC[C@@H](F)[C@H](N)C2)nc2ccccc21.Cl. The summed E-state index contributed by atoms with van der Waals surface area (Å²) in [5.74, 6) is 0.804. The minimum Gasteiger partial charge on any atom is -0.340 e. The third-order valence-electron chi connectivity index (χ3n) is 5.00. The zero-order valence-corrected chi connectivity index (χ0v) is 16.5. The number of nitrogens with zero attached hydrogens (tertiary/aromatic N) is 4. The van der Waals surface area contributed by atoms with Gasteiger partial charge in [-0.2, -0.15) is 0 Å². The Hall–Kier alpha value is -1.89. The van der Waals surface area contributed by atoms with Gasteiger partial charge in [0.25, 0.3) is 0 Å². The molecule has 1 aliphatic rings. The Bertz CT molecular complexity index is 914. The Kier molecular flexibility index (Phi) is 5.89. The predicted octanol–water partition coefficient (Wildman–Crippen LogP) is 3.99. The van der Waals surface area contributed by atoms with Gasteiger partial charge in [-0.1, -0.05) is 23.7 Å². The van der Waals surface area contributed by atoms with E-state index in [0.29, 0.717) is 24.5 Å². The van der Waals surface area contributed by atoms with E-state index in [1.807, 2.05) is 36.4 Å². The van der Waals surface area contributed by atoms with Crippen LogP contribution in [0.15, 0.2) is 42.6 Å². The number of aromatic nitrogens is 3. The van der Waals surface area contributed by atoms with E-state index in [1.165, 1.54) is 0 Å². The molecule has 5 nitrogen and oxygen atoms in total. The van der Waals surface area contributed by atoms with Crippen molar-refractivity contribution in [2.45, 2.75) is 31.6 Å². The van der Waals surface area contributed by atoms with Crippen LogP contribution in [0.2, 0.25) is 5.02 Å². The number of hydrogen-bond donors (Lipinski definition) is 1. The zero-order valence-electron chi connectivity index (χ0n) is 14.9. The fourth-order valence-corrected chi connectivity index (χ4v) is 3.65. The van der Waals surface area contributed by atoms with Gasteiger partial charge >= 0.3 is 0 Å². The van der Waals surface area contributed by atoms with Crippen molar-refractivity contribution in [2.24, 2.45) is 5.73 Å². The summed E-state index contributed by atoms with van der Waals surface area (Å²) in [5.41, 5.74) is 8.78. The molecule has 3 aromatic rings. The lowest BCUT2D eigenvalue weighted by molar-refractivity contribution is 0.243. The molecule has 0 radical (unpaired) electrons. The van der Waals surface area contributed by atoms with Crippen LogP contribution in [0.3, 0.4) is 0 Å². The van der Waals surface area contributed by atoms with E-state index >= 15 is 0 Å². The van der Waals surface area contributed by atoms with Gasteiger partial charge in [-0.3, -0.25) is 4.98 Å². The Labute approximate surface area is 168 Å². The molecule has 0 amide bonds. The number of alkyl halides is 1. The molecular formula is C19H22Cl2FN5. The van der Waals surface area contributed by atoms with Crippen molar-refractivity contribution in [3.63, 3.8) is 0 Å². The Morgan fingerprint density at radius 1 is 1.26 bits per heavy atom. The molecule has 2 aromatic heterocycles. The van der Waals surface area contributed by atoms with Gasteiger partial charge < -0.3 is 15.2 Å². The first-order valence-electron chi connectivity index (χ1n) is 8.77. The number of nitrogens with two attached hydrogens (primary N) is 1. The van der Waals surface area contributed by atoms with E-state index in [0.717, 1.165) is 22.7 Å². The van der Waals surface area contributed by atoms with Gasteiger partial charge in [0.1, 0.15) is 6.17 Å². The minimum absolute atomic E-state index is 0. The summed E-state index contributed by atoms with van der Waals surface area (Å²) >= 11 is 5.98. The summed E-state index contributed by atoms with van der Waals surface area (Å²) in [6.45, 7) is 3.12. The van der Waals surface area contributed by atoms with E-state index < -0.39 is 12.2 Å². The lowest BCUT2D eigenvalue weighted by Crippen LogP contribution is -2.50. The second-order valence-corrected chi connectivity index (χ2v) is 7.20. The first kappa shape index (κ1) is 19.9. The van der Waals surface area contributed by atoms with Crippen molar-refractivity contribution in [2.75, 3.05) is 18.0 Å². The second-order valence-electron chi connectivity index (χ2n) is 6.76. The van der Waals surface area contributed by atoms with Crippen LogP contribution >= 0.6 is 24.0 Å². The quantitative estimate of drug-likeness (QED) is 0.710. The Morgan fingerprint density at radius 2 is 2.04 bits per heavy atom. The van der Waals surface area contributed by atoms with E-state index in [4.69, 9.17) is 22.3 Å². The molecule has 0 aliphatic carbocycles. The number of para-hydroxylation sites is 2. The van der Waals surface area contributed by atoms with Crippen LogP contribution in [0.4, 0.5) is 10.3 Å². The molecule has 3 atom stereocenters. The lowest BCUT2D eigenvalue weighted by atomic mass is 10.1. The smallest absolute Gasteiger partial charge is 0.207 e. The molecule has 1 saturated heterocycles. The summed E-state index contributed by atoms with van der Waals surface area (Å²) < 4.78 is 16.0. The number of hydrogen-bond acceptors (Lipinski definition) is 4. The van der Waals surface area contributed by atoms with E-state index in [-0.39, 0.29) is 18.4 Å². The second kappa shape index (κ2) is 8.00. The van der Waals surface area contributed by atoms with Crippen molar-refractivity contribution in [3.8, 4) is 0 Å². The third kappa shape index (κ3) is 3.74. The number of halogens is 3. The molecule has 0 unspecified atom stereocenters. The number of rotatable bonds is 3. The Morgan fingerprint density at radius 3 is 2.74 bits per heavy atom. The van der Waals surface area contributed by atoms with Gasteiger partial charge in [-0.15, -0.1) is 12.4 Å². The normalized spacial score (nSPS) is 21.1. The molecule has 1 fully saturated rings. The van der Waals surface area contributed by atoms with Gasteiger partial charge in [0.2, 0.25) is 5.95 Å². The molecule has 0 bridgehead atoms. The summed E-state index contributed by atoms with van der Waals surface area (Å²) in [7, 11) is 0. The van der Waals surface area contributed by atoms with E-state index in [2.05, 4.69) is 21.4 Å². The number of benzene rings is 1. The first-order valence-corrected chi connectivity index (χ1v) is 9.15. The van der Waals surface area contributed by atoms with Crippen molar-refractivity contribution < 1.29 is 4.39 Å². The number of fused-ring (bicyclic) bond motifs is 1. The first-order chi connectivity index (χ1) is 12.5. The maximum atomic E-state index is 13.8. The maximum Gasteiger partial charge on any atom is 0.207 e. The largest absolute Gasteiger partial charge is 0.340 e. The van der Waals surface area contributed by atoms with Crippen molar-refractivity contribution in [1.29, 1.82) is 0 Å². The minimum atomic E-state index is -0.959.